The van der Waals surface area contributed by atoms with Gasteiger partial charge in [0.05, 0.1) is 11.3 Å². The van der Waals surface area contributed by atoms with Crippen LogP contribution in [0.1, 0.15) is 15.9 Å². The van der Waals surface area contributed by atoms with E-state index in [1.54, 1.807) is 18.2 Å². The van der Waals surface area contributed by atoms with E-state index in [9.17, 15) is 13.6 Å². The van der Waals surface area contributed by atoms with Crippen LogP contribution in [0.3, 0.4) is 0 Å². The Kier molecular flexibility index (Phi) is 4.99. The van der Waals surface area contributed by atoms with Crippen LogP contribution in [-0.4, -0.2) is 10.9 Å². The van der Waals surface area contributed by atoms with E-state index in [1.165, 1.54) is 48.7 Å². The number of rotatable bonds is 5. The summed E-state index contributed by atoms with van der Waals surface area (Å²) < 4.78 is 32.1. The quantitative estimate of drug-likeness (QED) is 0.758. The maximum Gasteiger partial charge on any atom is 0.257 e. The van der Waals surface area contributed by atoms with Gasteiger partial charge in [-0.15, -0.1) is 0 Å². The van der Waals surface area contributed by atoms with Crippen LogP contribution >= 0.6 is 0 Å². The lowest BCUT2D eigenvalue weighted by molar-refractivity contribution is 0.102. The normalized spacial score (nSPS) is 10.3. The van der Waals surface area contributed by atoms with Gasteiger partial charge in [0.1, 0.15) is 18.2 Å². The molecule has 0 spiro atoms. The van der Waals surface area contributed by atoms with Crippen LogP contribution < -0.4 is 10.1 Å². The first-order chi connectivity index (χ1) is 12.1. The van der Waals surface area contributed by atoms with Gasteiger partial charge in [-0.2, -0.15) is 0 Å². The second kappa shape index (κ2) is 7.53. The average molecular weight is 340 g/mol. The number of nitrogens with zero attached hydrogens (tertiary/aromatic N) is 1. The minimum atomic E-state index is -0.515. The Morgan fingerprint density at radius 2 is 1.88 bits per heavy atom. The summed E-state index contributed by atoms with van der Waals surface area (Å²) in [6, 6.07) is 15.0. The van der Waals surface area contributed by atoms with Crippen LogP contribution in [0.2, 0.25) is 0 Å². The highest BCUT2D eigenvalue weighted by Crippen LogP contribution is 2.15. The van der Waals surface area contributed by atoms with E-state index in [0.717, 1.165) is 0 Å². The maximum absolute atomic E-state index is 13.5. The lowest BCUT2D eigenvalue weighted by Gasteiger charge is -2.08. The fraction of sp³-hybridized carbons (Fsp3) is 0.0526. The van der Waals surface area contributed by atoms with Crippen molar-refractivity contribution in [3.05, 3.63) is 89.6 Å². The molecule has 0 atom stereocenters. The number of amides is 1. The maximum atomic E-state index is 13.5. The third kappa shape index (κ3) is 4.38. The summed E-state index contributed by atoms with van der Waals surface area (Å²) in [5.74, 6) is -1.03. The molecule has 1 N–H and O–H groups in total. The van der Waals surface area contributed by atoms with E-state index in [2.05, 4.69) is 10.3 Å². The van der Waals surface area contributed by atoms with Crippen LogP contribution in [0, 0.1) is 11.6 Å². The van der Waals surface area contributed by atoms with Crippen LogP contribution in [-0.2, 0) is 6.61 Å². The molecule has 0 aliphatic rings. The first-order valence-corrected chi connectivity index (χ1v) is 7.51. The zero-order chi connectivity index (χ0) is 17.6. The van der Waals surface area contributed by atoms with E-state index in [-0.39, 0.29) is 23.7 Å². The molecule has 1 aromatic heterocycles. The summed E-state index contributed by atoms with van der Waals surface area (Å²) >= 11 is 0. The number of hydrogen-bond acceptors (Lipinski definition) is 3. The second-order valence-corrected chi connectivity index (χ2v) is 5.24. The Morgan fingerprint density at radius 1 is 1.04 bits per heavy atom. The molecule has 3 aromatic rings. The van der Waals surface area contributed by atoms with Gasteiger partial charge in [0.25, 0.3) is 5.91 Å². The Balaban J connectivity index is 1.61. The Labute approximate surface area is 143 Å². The van der Waals surface area contributed by atoms with Crippen LogP contribution in [0.4, 0.5) is 14.5 Å². The number of anilines is 1. The number of hydrogen-bond donors (Lipinski definition) is 1. The zero-order valence-electron chi connectivity index (χ0n) is 13.1. The summed E-state index contributed by atoms with van der Waals surface area (Å²) in [4.78, 5) is 16.1. The van der Waals surface area contributed by atoms with Crippen molar-refractivity contribution in [3.8, 4) is 5.88 Å². The molecule has 0 fully saturated rings. The highest BCUT2D eigenvalue weighted by atomic mass is 19.1. The zero-order valence-corrected chi connectivity index (χ0v) is 13.1. The minimum Gasteiger partial charge on any atom is -0.473 e. The van der Waals surface area contributed by atoms with Crippen molar-refractivity contribution in [3.63, 3.8) is 0 Å². The average Bonchev–Trinajstić information content (AvgIpc) is 2.62. The summed E-state index contributed by atoms with van der Waals surface area (Å²) in [5, 5.41) is 2.47. The van der Waals surface area contributed by atoms with Gasteiger partial charge < -0.3 is 10.1 Å². The van der Waals surface area contributed by atoms with E-state index in [4.69, 9.17) is 4.74 Å². The minimum absolute atomic E-state index is 0.0962. The summed E-state index contributed by atoms with van der Waals surface area (Å²) in [6.07, 6.45) is 1.33. The van der Waals surface area contributed by atoms with Crippen LogP contribution in [0.15, 0.2) is 66.9 Å². The molecule has 3 rings (SSSR count). The Morgan fingerprint density at radius 3 is 2.60 bits per heavy atom. The van der Waals surface area contributed by atoms with Crippen molar-refractivity contribution >= 4 is 11.6 Å². The predicted octanol–water partition coefficient (Wildman–Crippen LogP) is 4.19. The number of para-hydroxylation sites is 1. The SMILES string of the molecule is O=C(Nc1ccccc1F)c1ccc(OCc2cccc(F)c2)nc1. The van der Waals surface area contributed by atoms with Gasteiger partial charge in [0.15, 0.2) is 0 Å². The fourth-order valence-electron chi connectivity index (χ4n) is 2.14. The molecular formula is C19H14F2N2O2. The summed E-state index contributed by atoms with van der Waals surface area (Å²) in [6.45, 7) is 0.158. The molecule has 0 bridgehead atoms. The standard InChI is InChI=1S/C19H14F2N2O2/c20-15-5-3-4-13(10-15)12-25-18-9-8-14(11-22-18)19(24)23-17-7-2-1-6-16(17)21/h1-11H,12H2,(H,23,24). The largest absolute Gasteiger partial charge is 0.473 e. The first-order valence-electron chi connectivity index (χ1n) is 7.51. The molecule has 1 amide bonds. The molecule has 2 aromatic carbocycles. The topological polar surface area (TPSA) is 51.2 Å². The molecule has 6 heteroatoms. The number of aromatic nitrogens is 1. The third-order valence-electron chi connectivity index (χ3n) is 3.40. The van der Waals surface area contributed by atoms with Crippen molar-refractivity contribution in [1.82, 2.24) is 4.98 Å². The molecule has 126 valence electrons. The number of pyridine rings is 1. The monoisotopic (exact) mass is 340 g/mol. The van der Waals surface area contributed by atoms with Crippen molar-refractivity contribution in [2.75, 3.05) is 5.32 Å². The van der Waals surface area contributed by atoms with Crippen molar-refractivity contribution in [2.45, 2.75) is 6.61 Å². The van der Waals surface area contributed by atoms with Crippen molar-refractivity contribution in [2.24, 2.45) is 0 Å². The molecular weight excluding hydrogens is 326 g/mol. The van der Waals surface area contributed by atoms with E-state index in [1.807, 2.05) is 0 Å². The molecule has 25 heavy (non-hydrogen) atoms. The molecule has 0 aliphatic carbocycles. The van der Waals surface area contributed by atoms with Gasteiger partial charge in [-0.3, -0.25) is 4.79 Å². The Bertz CT molecular complexity index is 883. The highest BCUT2D eigenvalue weighted by Gasteiger charge is 2.09. The number of nitrogens with one attached hydrogen (secondary N) is 1. The summed E-state index contributed by atoms with van der Waals surface area (Å²) in [5.41, 5.74) is 1.03. The predicted molar refractivity (Wildman–Crippen MR) is 89.3 cm³/mol. The van der Waals surface area contributed by atoms with Gasteiger partial charge in [0, 0.05) is 12.3 Å². The van der Waals surface area contributed by atoms with Gasteiger partial charge in [-0.05, 0) is 35.9 Å². The van der Waals surface area contributed by atoms with E-state index in [0.29, 0.717) is 11.4 Å². The Hall–Kier alpha value is -3.28. The van der Waals surface area contributed by atoms with Crippen LogP contribution in [0.5, 0.6) is 5.88 Å². The molecule has 4 nitrogen and oxygen atoms in total. The van der Waals surface area contributed by atoms with Gasteiger partial charge in [-0.1, -0.05) is 24.3 Å². The molecule has 0 radical (unpaired) electrons. The van der Waals surface area contributed by atoms with E-state index >= 15 is 0 Å². The number of benzene rings is 2. The number of halogens is 2. The number of carbonyl (C=O) groups excluding carboxylic acids is 1. The van der Waals surface area contributed by atoms with Crippen molar-refractivity contribution < 1.29 is 18.3 Å². The molecule has 0 saturated carbocycles. The smallest absolute Gasteiger partial charge is 0.257 e. The fourth-order valence-corrected chi connectivity index (χ4v) is 2.14. The van der Waals surface area contributed by atoms with Crippen molar-refractivity contribution in [1.29, 1.82) is 0 Å². The van der Waals surface area contributed by atoms with Gasteiger partial charge >= 0.3 is 0 Å². The number of ether oxygens (including phenoxy) is 1. The second-order valence-electron chi connectivity index (χ2n) is 5.24. The van der Waals surface area contributed by atoms with Crippen LogP contribution in [0.25, 0.3) is 0 Å². The lowest BCUT2D eigenvalue weighted by atomic mass is 10.2. The highest BCUT2D eigenvalue weighted by molar-refractivity contribution is 6.04. The van der Waals surface area contributed by atoms with Gasteiger partial charge in [0.2, 0.25) is 5.88 Å². The molecule has 0 saturated heterocycles. The third-order valence-corrected chi connectivity index (χ3v) is 3.40. The lowest BCUT2D eigenvalue weighted by Crippen LogP contribution is -2.13. The molecule has 1 heterocycles. The molecule has 0 aliphatic heterocycles. The summed E-state index contributed by atoms with van der Waals surface area (Å²) in [7, 11) is 0. The molecule has 0 unspecified atom stereocenters. The van der Waals surface area contributed by atoms with E-state index < -0.39 is 11.7 Å². The van der Waals surface area contributed by atoms with Gasteiger partial charge in [-0.25, -0.2) is 13.8 Å². The number of carbonyl (C=O) groups is 1. The first kappa shape index (κ1) is 16.6.